The zero-order chi connectivity index (χ0) is 13.2. The molecule has 0 radical (unpaired) electrons. The van der Waals surface area contributed by atoms with Crippen LogP contribution in [-0.2, 0) is 16.0 Å². The topological polar surface area (TPSA) is 49.4 Å². The van der Waals surface area contributed by atoms with Gasteiger partial charge >= 0.3 is 0 Å². The van der Waals surface area contributed by atoms with E-state index in [2.05, 4.69) is 5.32 Å². The van der Waals surface area contributed by atoms with Crippen LogP contribution in [0.5, 0.6) is 0 Å². The predicted molar refractivity (Wildman–Crippen MR) is 73.9 cm³/mol. The van der Waals surface area contributed by atoms with E-state index in [9.17, 15) is 9.59 Å². The largest absolute Gasteiger partial charge is 0.353 e. The Morgan fingerprint density at radius 2 is 2.37 bits per heavy atom. The van der Waals surface area contributed by atoms with Gasteiger partial charge in [0.05, 0.1) is 6.42 Å². The van der Waals surface area contributed by atoms with Crippen LogP contribution in [0.1, 0.15) is 24.1 Å². The first kappa shape index (κ1) is 12.7. The summed E-state index contributed by atoms with van der Waals surface area (Å²) in [5.74, 6) is 0.830. The van der Waals surface area contributed by atoms with Crippen molar-refractivity contribution in [3.8, 4) is 0 Å². The average molecular weight is 278 g/mol. The molecular formula is C14H18N2O2S. The fraction of sp³-hybridized carbons (Fsp3) is 0.571. The lowest BCUT2D eigenvalue weighted by molar-refractivity contribution is -0.134. The standard InChI is InChI=1S/C14H18N2O2S/c17-13-4-3-10-9-16(6-5-12(10)15-13)14(18)8-11-2-1-7-19-11/h1-2,7,10,12H,3-6,8-9H2,(H,15,17). The second kappa shape index (κ2) is 5.33. The second-order valence-corrected chi connectivity index (χ2v) is 6.39. The fourth-order valence-corrected chi connectivity index (χ4v) is 3.71. The smallest absolute Gasteiger partial charge is 0.227 e. The van der Waals surface area contributed by atoms with E-state index in [1.165, 1.54) is 0 Å². The molecular weight excluding hydrogens is 260 g/mol. The number of rotatable bonds is 2. The number of nitrogens with zero attached hydrogens (tertiary/aromatic N) is 1. The van der Waals surface area contributed by atoms with Crippen LogP contribution in [0.3, 0.4) is 0 Å². The molecule has 3 rings (SSSR count). The van der Waals surface area contributed by atoms with Gasteiger partial charge < -0.3 is 10.2 Å². The minimum atomic E-state index is 0.166. The monoisotopic (exact) mass is 278 g/mol. The maximum Gasteiger partial charge on any atom is 0.227 e. The number of likely N-dealkylation sites (tertiary alicyclic amines) is 1. The Hall–Kier alpha value is -1.36. The van der Waals surface area contributed by atoms with Crippen molar-refractivity contribution < 1.29 is 9.59 Å². The Morgan fingerprint density at radius 1 is 1.47 bits per heavy atom. The van der Waals surface area contributed by atoms with Crippen LogP contribution >= 0.6 is 11.3 Å². The van der Waals surface area contributed by atoms with E-state index < -0.39 is 0 Å². The Bertz CT molecular complexity index is 472. The summed E-state index contributed by atoms with van der Waals surface area (Å²) in [6.45, 7) is 1.57. The molecule has 2 unspecified atom stereocenters. The van der Waals surface area contributed by atoms with E-state index in [0.717, 1.165) is 30.8 Å². The van der Waals surface area contributed by atoms with E-state index in [1.807, 2.05) is 22.4 Å². The minimum Gasteiger partial charge on any atom is -0.353 e. The molecule has 3 heterocycles. The molecule has 2 atom stereocenters. The summed E-state index contributed by atoms with van der Waals surface area (Å²) in [6.07, 6.45) is 2.93. The second-order valence-electron chi connectivity index (χ2n) is 5.36. The van der Waals surface area contributed by atoms with Crippen molar-refractivity contribution >= 4 is 23.2 Å². The molecule has 1 aromatic rings. The van der Waals surface area contributed by atoms with E-state index in [1.54, 1.807) is 11.3 Å². The van der Waals surface area contributed by atoms with Gasteiger partial charge in [0, 0.05) is 30.4 Å². The van der Waals surface area contributed by atoms with Gasteiger partial charge in [0.2, 0.25) is 11.8 Å². The number of nitrogens with one attached hydrogen (secondary N) is 1. The Labute approximate surface area is 116 Å². The highest BCUT2D eigenvalue weighted by Crippen LogP contribution is 2.26. The quantitative estimate of drug-likeness (QED) is 0.889. The third-order valence-corrected chi connectivity index (χ3v) is 4.96. The van der Waals surface area contributed by atoms with Gasteiger partial charge in [0.15, 0.2) is 0 Å². The molecule has 0 aromatic carbocycles. The third-order valence-electron chi connectivity index (χ3n) is 4.08. The molecule has 102 valence electrons. The third kappa shape index (κ3) is 2.81. The molecule has 19 heavy (non-hydrogen) atoms. The number of hydrogen-bond donors (Lipinski definition) is 1. The number of carbonyl (C=O) groups is 2. The molecule has 2 fully saturated rings. The number of thiophene rings is 1. The van der Waals surface area contributed by atoms with Crippen molar-refractivity contribution in [2.45, 2.75) is 31.7 Å². The lowest BCUT2D eigenvalue weighted by atomic mass is 9.85. The normalized spacial score (nSPS) is 26.7. The summed E-state index contributed by atoms with van der Waals surface area (Å²) in [6, 6.07) is 4.28. The summed E-state index contributed by atoms with van der Waals surface area (Å²) >= 11 is 1.63. The number of carbonyl (C=O) groups excluding carboxylic acids is 2. The Balaban J connectivity index is 1.58. The summed E-state index contributed by atoms with van der Waals surface area (Å²) < 4.78 is 0. The summed E-state index contributed by atoms with van der Waals surface area (Å²) in [4.78, 5) is 26.7. The summed E-state index contributed by atoms with van der Waals surface area (Å²) in [5.41, 5.74) is 0. The molecule has 2 aliphatic rings. The molecule has 0 spiro atoms. The van der Waals surface area contributed by atoms with Crippen LogP contribution in [0.25, 0.3) is 0 Å². The highest BCUT2D eigenvalue weighted by molar-refractivity contribution is 7.10. The van der Waals surface area contributed by atoms with E-state index in [4.69, 9.17) is 0 Å². The zero-order valence-corrected chi connectivity index (χ0v) is 11.6. The van der Waals surface area contributed by atoms with Crippen molar-refractivity contribution in [1.29, 1.82) is 0 Å². The first-order chi connectivity index (χ1) is 9.22. The van der Waals surface area contributed by atoms with Gasteiger partial charge in [-0.3, -0.25) is 9.59 Å². The van der Waals surface area contributed by atoms with Gasteiger partial charge in [0.1, 0.15) is 0 Å². The number of hydrogen-bond acceptors (Lipinski definition) is 3. The van der Waals surface area contributed by atoms with Crippen molar-refractivity contribution in [2.75, 3.05) is 13.1 Å². The maximum atomic E-state index is 12.2. The maximum absolute atomic E-state index is 12.2. The average Bonchev–Trinajstić information content (AvgIpc) is 2.91. The molecule has 0 saturated carbocycles. The number of amides is 2. The van der Waals surface area contributed by atoms with Crippen molar-refractivity contribution in [3.63, 3.8) is 0 Å². The number of fused-ring (bicyclic) bond motifs is 1. The van der Waals surface area contributed by atoms with Gasteiger partial charge in [-0.25, -0.2) is 0 Å². The molecule has 2 aliphatic heterocycles. The van der Waals surface area contributed by atoms with E-state index in [0.29, 0.717) is 18.8 Å². The van der Waals surface area contributed by atoms with E-state index in [-0.39, 0.29) is 17.9 Å². The molecule has 2 amide bonds. The molecule has 1 N–H and O–H groups in total. The van der Waals surface area contributed by atoms with Crippen LogP contribution in [0.2, 0.25) is 0 Å². The molecule has 4 nitrogen and oxygen atoms in total. The predicted octanol–water partition coefficient (Wildman–Crippen LogP) is 1.42. The van der Waals surface area contributed by atoms with Crippen LogP contribution < -0.4 is 5.32 Å². The van der Waals surface area contributed by atoms with Crippen LogP contribution in [0.15, 0.2) is 17.5 Å². The highest BCUT2D eigenvalue weighted by Gasteiger charge is 2.35. The minimum absolute atomic E-state index is 0.166. The summed E-state index contributed by atoms with van der Waals surface area (Å²) in [5, 5.41) is 5.05. The van der Waals surface area contributed by atoms with Gasteiger partial charge in [0.25, 0.3) is 0 Å². The first-order valence-corrected chi connectivity index (χ1v) is 7.70. The molecule has 1 aromatic heterocycles. The molecule has 0 bridgehead atoms. The van der Waals surface area contributed by atoms with Crippen LogP contribution in [0.4, 0.5) is 0 Å². The van der Waals surface area contributed by atoms with Crippen molar-refractivity contribution in [3.05, 3.63) is 22.4 Å². The van der Waals surface area contributed by atoms with Gasteiger partial charge in [-0.2, -0.15) is 0 Å². The van der Waals surface area contributed by atoms with Gasteiger partial charge in [-0.05, 0) is 30.2 Å². The van der Waals surface area contributed by atoms with Gasteiger partial charge in [-0.15, -0.1) is 11.3 Å². The fourth-order valence-electron chi connectivity index (χ4n) is 3.01. The summed E-state index contributed by atoms with van der Waals surface area (Å²) in [7, 11) is 0. The van der Waals surface area contributed by atoms with Crippen LogP contribution in [-0.4, -0.2) is 35.8 Å². The molecule has 2 saturated heterocycles. The number of piperidine rings is 2. The molecule has 5 heteroatoms. The first-order valence-electron chi connectivity index (χ1n) is 6.82. The van der Waals surface area contributed by atoms with E-state index >= 15 is 0 Å². The Morgan fingerprint density at radius 3 is 3.16 bits per heavy atom. The lowest BCUT2D eigenvalue weighted by Crippen LogP contribution is -2.55. The van der Waals surface area contributed by atoms with Crippen molar-refractivity contribution in [1.82, 2.24) is 10.2 Å². The Kier molecular flexibility index (Phi) is 3.55. The highest BCUT2D eigenvalue weighted by atomic mass is 32.1. The lowest BCUT2D eigenvalue weighted by Gasteiger charge is -2.41. The SMILES string of the molecule is O=C1CCC2CN(C(=O)Cc3cccs3)CCC2N1. The van der Waals surface area contributed by atoms with Crippen molar-refractivity contribution in [2.24, 2.45) is 5.92 Å². The van der Waals surface area contributed by atoms with Crippen LogP contribution in [0, 0.1) is 5.92 Å². The zero-order valence-electron chi connectivity index (χ0n) is 10.8. The molecule has 0 aliphatic carbocycles. The van der Waals surface area contributed by atoms with Gasteiger partial charge in [-0.1, -0.05) is 6.07 Å².